The zero-order valence-electron chi connectivity index (χ0n) is 13.9. The number of aryl methyl sites for hydroxylation is 2. The summed E-state index contributed by atoms with van der Waals surface area (Å²) < 4.78 is 10.5. The molecular weight excluding hydrogens is 292 g/mol. The van der Waals surface area contributed by atoms with Gasteiger partial charge in [-0.1, -0.05) is 59.7 Å². The van der Waals surface area contributed by atoms with Crippen LogP contribution in [0.2, 0.25) is 0 Å². The van der Waals surface area contributed by atoms with Crippen LogP contribution in [0.3, 0.4) is 0 Å². The van der Waals surface area contributed by atoms with E-state index in [1.165, 1.54) is 14.2 Å². The van der Waals surface area contributed by atoms with Crippen molar-refractivity contribution in [3.63, 3.8) is 0 Å². The van der Waals surface area contributed by atoms with Crippen LogP contribution in [-0.4, -0.2) is 31.4 Å². The van der Waals surface area contributed by atoms with Crippen molar-refractivity contribution in [3.05, 3.63) is 70.8 Å². The Morgan fingerprint density at radius 2 is 1.30 bits per heavy atom. The molecular formula is C19H22O4. The number of ether oxygens (including phenoxy) is 2. The van der Waals surface area contributed by atoms with Gasteiger partial charge in [-0.25, -0.2) is 4.79 Å². The Bertz CT molecular complexity index is 613. The third-order valence-electron chi connectivity index (χ3n) is 4.09. The molecule has 0 saturated heterocycles. The number of hydrogen-bond acceptors (Lipinski definition) is 4. The van der Waals surface area contributed by atoms with Crippen molar-refractivity contribution < 1.29 is 19.4 Å². The highest BCUT2D eigenvalue weighted by Gasteiger charge is 2.46. The second-order valence-corrected chi connectivity index (χ2v) is 5.60. The van der Waals surface area contributed by atoms with Gasteiger partial charge in [-0.3, -0.25) is 0 Å². The van der Waals surface area contributed by atoms with E-state index >= 15 is 0 Å². The van der Waals surface area contributed by atoms with Gasteiger partial charge in [0.2, 0.25) is 0 Å². The van der Waals surface area contributed by atoms with Crippen LogP contribution in [0.15, 0.2) is 48.5 Å². The summed E-state index contributed by atoms with van der Waals surface area (Å²) in [5.74, 6) is -0.743. The highest BCUT2D eigenvalue weighted by atomic mass is 16.6. The Kier molecular flexibility index (Phi) is 5.19. The van der Waals surface area contributed by atoms with Crippen LogP contribution in [0.25, 0.3) is 0 Å². The van der Waals surface area contributed by atoms with E-state index in [0.717, 1.165) is 11.1 Å². The molecule has 2 aromatic carbocycles. The maximum atomic E-state index is 12.0. The van der Waals surface area contributed by atoms with Gasteiger partial charge in [-0.2, -0.15) is 0 Å². The van der Waals surface area contributed by atoms with Crippen molar-refractivity contribution in [2.75, 3.05) is 14.2 Å². The Morgan fingerprint density at radius 3 is 1.61 bits per heavy atom. The highest BCUT2D eigenvalue weighted by Crippen LogP contribution is 2.37. The molecule has 0 bridgehead atoms. The van der Waals surface area contributed by atoms with Crippen molar-refractivity contribution in [2.24, 2.45) is 0 Å². The van der Waals surface area contributed by atoms with Crippen molar-refractivity contribution in [2.45, 2.75) is 25.6 Å². The molecule has 2 aromatic rings. The van der Waals surface area contributed by atoms with E-state index in [1.807, 2.05) is 62.4 Å². The molecule has 0 aromatic heterocycles. The molecule has 122 valence electrons. The standard InChI is InChI=1S/C19H22O4/c1-13-5-9-15(10-6-13)19(23-4,17(20)18(21)22-3)16-11-7-14(2)8-12-16/h5-12,17,20H,1-4H3. The van der Waals surface area contributed by atoms with Crippen molar-refractivity contribution >= 4 is 5.97 Å². The molecule has 0 aliphatic rings. The van der Waals surface area contributed by atoms with Crippen molar-refractivity contribution in [3.8, 4) is 0 Å². The SMILES string of the molecule is COC(=O)C(O)C(OC)(c1ccc(C)cc1)c1ccc(C)cc1. The van der Waals surface area contributed by atoms with Crippen molar-refractivity contribution in [1.29, 1.82) is 0 Å². The molecule has 0 spiro atoms. The second-order valence-electron chi connectivity index (χ2n) is 5.60. The minimum absolute atomic E-state index is 0.687. The third kappa shape index (κ3) is 3.14. The molecule has 0 fully saturated rings. The predicted octanol–water partition coefficient (Wildman–Crippen LogP) is 2.73. The van der Waals surface area contributed by atoms with Crippen LogP contribution in [0.5, 0.6) is 0 Å². The molecule has 1 unspecified atom stereocenters. The van der Waals surface area contributed by atoms with E-state index in [1.54, 1.807) is 0 Å². The van der Waals surface area contributed by atoms with Gasteiger partial charge in [0.05, 0.1) is 7.11 Å². The first kappa shape index (κ1) is 17.2. The predicted molar refractivity (Wildman–Crippen MR) is 88.2 cm³/mol. The first-order chi connectivity index (χ1) is 11.0. The van der Waals surface area contributed by atoms with Gasteiger partial charge < -0.3 is 14.6 Å². The normalized spacial score (nSPS) is 12.7. The molecule has 1 N–H and O–H groups in total. The van der Waals surface area contributed by atoms with Crippen LogP contribution < -0.4 is 0 Å². The first-order valence-electron chi connectivity index (χ1n) is 7.41. The number of aliphatic hydroxyl groups is 1. The lowest BCUT2D eigenvalue weighted by molar-refractivity contribution is -0.167. The fraction of sp³-hybridized carbons (Fsp3) is 0.316. The average Bonchev–Trinajstić information content (AvgIpc) is 2.58. The average molecular weight is 314 g/mol. The Hall–Kier alpha value is -2.17. The van der Waals surface area contributed by atoms with Gasteiger partial charge in [0.1, 0.15) is 0 Å². The Balaban J connectivity index is 2.67. The summed E-state index contributed by atoms with van der Waals surface area (Å²) in [6.45, 7) is 3.95. The van der Waals surface area contributed by atoms with E-state index in [0.29, 0.717) is 11.1 Å². The number of benzene rings is 2. The van der Waals surface area contributed by atoms with E-state index < -0.39 is 17.7 Å². The van der Waals surface area contributed by atoms with Gasteiger partial charge in [-0.15, -0.1) is 0 Å². The molecule has 0 saturated carbocycles. The summed E-state index contributed by atoms with van der Waals surface area (Å²) in [4.78, 5) is 12.0. The van der Waals surface area contributed by atoms with Crippen LogP contribution in [0, 0.1) is 13.8 Å². The van der Waals surface area contributed by atoms with E-state index in [-0.39, 0.29) is 0 Å². The molecule has 2 rings (SSSR count). The molecule has 4 nitrogen and oxygen atoms in total. The number of hydrogen-bond donors (Lipinski definition) is 1. The highest BCUT2D eigenvalue weighted by molar-refractivity contribution is 5.77. The number of methoxy groups -OCH3 is 2. The summed E-state index contributed by atoms with van der Waals surface area (Å²) in [5.41, 5.74) is 2.21. The third-order valence-corrected chi connectivity index (χ3v) is 4.09. The van der Waals surface area contributed by atoms with Gasteiger partial charge >= 0.3 is 5.97 Å². The smallest absolute Gasteiger partial charge is 0.338 e. The fourth-order valence-electron chi connectivity index (χ4n) is 2.71. The van der Waals surface area contributed by atoms with Crippen LogP contribution in [0.1, 0.15) is 22.3 Å². The van der Waals surface area contributed by atoms with Gasteiger partial charge in [0.25, 0.3) is 0 Å². The van der Waals surface area contributed by atoms with E-state index in [9.17, 15) is 9.90 Å². The minimum atomic E-state index is -1.48. The lowest BCUT2D eigenvalue weighted by Crippen LogP contribution is -2.47. The molecule has 0 aliphatic carbocycles. The summed E-state index contributed by atoms with van der Waals surface area (Å²) in [6, 6.07) is 15.1. The lowest BCUT2D eigenvalue weighted by atomic mass is 9.80. The number of carbonyl (C=O) groups excluding carboxylic acids is 1. The van der Waals surface area contributed by atoms with Gasteiger partial charge in [0, 0.05) is 7.11 Å². The molecule has 23 heavy (non-hydrogen) atoms. The molecule has 4 heteroatoms. The Morgan fingerprint density at radius 1 is 0.913 bits per heavy atom. The topological polar surface area (TPSA) is 55.8 Å². The van der Waals surface area contributed by atoms with Gasteiger partial charge in [-0.05, 0) is 25.0 Å². The van der Waals surface area contributed by atoms with Crippen molar-refractivity contribution in [1.82, 2.24) is 0 Å². The number of esters is 1. The summed E-state index contributed by atoms with van der Waals surface area (Å²) >= 11 is 0. The number of rotatable bonds is 5. The van der Waals surface area contributed by atoms with E-state index in [2.05, 4.69) is 0 Å². The van der Waals surface area contributed by atoms with Crippen LogP contribution in [0.4, 0.5) is 0 Å². The minimum Gasteiger partial charge on any atom is -0.467 e. The summed E-state index contributed by atoms with van der Waals surface area (Å²) in [5, 5.41) is 10.7. The molecule has 0 radical (unpaired) electrons. The summed E-state index contributed by atoms with van der Waals surface area (Å²) in [7, 11) is 2.72. The number of carbonyl (C=O) groups is 1. The van der Waals surface area contributed by atoms with E-state index in [4.69, 9.17) is 9.47 Å². The first-order valence-corrected chi connectivity index (χ1v) is 7.41. The lowest BCUT2D eigenvalue weighted by Gasteiger charge is -2.36. The maximum absolute atomic E-state index is 12.0. The molecule has 1 atom stereocenters. The summed E-state index contributed by atoms with van der Waals surface area (Å²) in [6.07, 6.45) is -1.48. The monoisotopic (exact) mass is 314 g/mol. The fourth-order valence-corrected chi connectivity index (χ4v) is 2.71. The van der Waals surface area contributed by atoms with Crippen LogP contribution >= 0.6 is 0 Å². The zero-order valence-corrected chi connectivity index (χ0v) is 13.9. The van der Waals surface area contributed by atoms with Gasteiger partial charge in [0.15, 0.2) is 11.7 Å². The Labute approximate surface area is 136 Å². The quantitative estimate of drug-likeness (QED) is 0.862. The second kappa shape index (κ2) is 6.94. The zero-order chi connectivity index (χ0) is 17.0. The molecule has 0 amide bonds. The van der Waals surface area contributed by atoms with Crippen LogP contribution in [-0.2, 0) is 19.9 Å². The molecule has 0 aliphatic heterocycles. The molecule has 0 heterocycles. The maximum Gasteiger partial charge on any atom is 0.338 e. The largest absolute Gasteiger partial charge is 0.467 e. The number of aliphatic hydroxyl groups excluding tert-OH is 1.